The summed E-state index contributed by atoms with van der Waals surface area (Å²) in [5.74, 6) is 0. The Balaban J connectivity index is 2.17. The molecule has 7 heteroatoms. The molecular formula is C25H30N2O5. The molecule has 0 saturated carbocycles. The lowest BCUT2D eigenvalue weighted by Crippen LogP contribution is -2.43. The molecule has 0 aliphatic carbocycles. The highest BCUT2D eigenvalue weighted by Gasteiger charge is 2.55. The first-order valence-corrected chi connectivity index (χ1v) is 10.6. The van der Waals surface area contributed by atoms with Crippen molar-refractivity contribution in [3.63, 3.8) is 0 Å². The van der Waals surface area contributed by atoms with Crippen molar-refractivity contribution in [3.05, 3.63) is 71.8 Å². The molecular weight excluding hydrogens is 408 g/mol. The first-order valence-electron chi connectivity index (χ1n) is 10.6. The number of hydrogen-bond donors (Lipinski definition) is 0. The molecule has 32 heavy (non-hydrogen) atoms. The van der Waals surface area contributed by atoms with Crippen molar-refractivity contribution in [2.24, 2.45) is 0 Å². The van der Waals surface area contributed by atoms with Crippen molar-refractivity contribution >= 4 is 18.2 Å². The Bertz CT molecular complexity index is 897. The largest absolute Gasteiger partial charge is 0.443 e. The highest BCUT2D eigenvalue weighted by Crippen LogP contribution is 2.46. The van der Waals surface area contributed by atoms with Gasteiger partial charge in [-0.05, 0) is 52.7 Å². The fourth-order valence-corrected chi connectivity index (χ4v) is 3.61. The zero-order valence-electron chi connectivity index (χ0n) is 19.4. The summed E-state index contributed by atoms with van der Waals surface area (Å²) < 4.78 is 11.1. The van der Waals surface area contributed by atoms with Crippen LogP contribution in [0.25, 0.3) is 0 Å². The smallest absolute Gasteiger partial charge is 0.419 e. The number of amides is 4. The number of urea groups is 1. The van der Waals surface area contributed by atoms with E-state index in [9.17, 15) is 14.4 Å². The average Bonchev–Trinajstić information content (AvgIpc) is 3.00. The lowest BCUT2D eigenvalue weighted by molar-refractivity contribution is 0.0284. The van der Waals surface area contributed by atoms with Crippen LogP contribution in [0.15, 0.2) is 60.7 Å². The summed E-state index contributed by atoms with van der Waals surface area (Å²) in [6.45, 7) is 10.4. The minimum Gasteiger partial charge on any atom is -0.443 e. The highest BCUT2D eigenvalue weighted by atomic mass is 16.6. The zero-order chi connectivity index (χ0) is 23.7. The molecule has 1 saturated heterocycles. The van der Waals surface area contributed by atoms with E-state index in [0.717, 1.165) is 9.80 Å². The van der Waals surface area contributed by atoms with Gasteiger partial charge in [0.05, 0.1) is 12.1 Å². The molecule has 4 amide bonds. The topological polar surface area (TPSA) is 76.2 Å². The Kier molecular flexibility index (Phi) is 6.30. The normalized spacial score (nSPS) is 19.1. The van der Waals surface area contributed by atoms with E-state index in [2.05, 4.69) is 0 Å². The molecule has 2 aromatic carbocycles. The summed E-state index contributed by atoms with van der Waals surface area (Å²) in [5, 5.41) is 0. The van der Waals surface area contributed by atoms with E-state index >= 15 is 0 Å². The van der Waals surface area contributed by atoms with Crippen molar-refractivity contribution in [3.8, 4) is 0 Å². The monoisotopic (exact) mass is 438 g/mol. The van der Waals surface area contributed by atoms with Crippen LogP contribution in [0.5, 0.6) is 0 Å². The Labute approximate surface area is 188 Å². The molecule has 0 aromatic heterocycles. The van der Waals surface area contributed by atoms with Crippen LogP contribution < -0.4 is 0 Å². The van der Waals surface area contributed by atoms with Crippen LogP contribution in [0.4, 0.5) is 14.4 Å². The van der Waals surface area contributed by atoms with Gasteiger partial charge < -0.3 is 9.47 Å². The second-order valence-corrected chi connectivity index (χ2v) is 9.69. The Morgan fingerprint density at radius 2 is 0.969 bits per heavy atom. The number of carbonyl (C=O) groups excluding carboxylic acids is 3. The molecule has 0 radical (unpaired) electrons. The zero-order valence-corrected chi connectivity index (χ0v) is 19.4. The molecule has 7 nitrogen and oxygen atoms in total. The van der Waals surface area contributed by atoms with Gasteiger partial charge in [0.2, 0.25) is 0 Å². The number of nitrogens with zero attached hydrogens (tertiary/aromatic N) is 2. The Hall–Kier alpha value is -3.35. The Morgan fingerprint density at radius 1 is 0.656 bits per heavy atom. The molecule has 3 rings (SSSR count). The van der Waals surface area contributed by atoms with Crippen LogP contribution in [0.2, 0.25) is 0 Å². The van der Waals surface area contributed by atoms with Crippen LogP contribution in [-0.2, 0) is 9.47 Å². The number of benzene rings is 2. The van der Waals surface area contributed by atoms with Crippen LogP contribution in [0.3, 0.4) is 0 Å². The van der Waals surface area contributed by atoms with Crippen molar-refractivity contribution in [1.29, 1.82) is 0 Å². The van der Waals surface area contributed by atoms with E-state index in [-0.39, 0.29) is 0 Å². The predicted octanol–water partition coefficient (Wildman–Crippen LogP) is 6.08. The minimum atomic E-state index is -0.819. The third kappa shape index (κ3) is 5.10. The number of rotatable bonds is 2. The molecule has 2 atom stereocenters. The molecule has 170 valence electrons. The fraction of sp³-hybridized carbons (Fsp3) is 0.400. The van der Waals surface area contributed by atoms with Gasteiger partial charge >= 0.3 is 18.2 Å². The lowest BCUT2D eigenvalue weighted by Gasteiger charge is -2.29. The highest BCUT2D eigenvalue weighted by molar-refractivity contribution is 6.01. The summed E-state index contributed by atoms with van der Waals surface area (Å²) in [7, 11) is 0. The predicted molar refractivity (Wildman–Crippen MR) is 120 cm³/mol. The Morgan fingerprint density at radius 3 is 1.25 bits per heavy atom. The van der Waals surface area contributed by atoms with Gasteiger partial charge in [0.15, 0.2) is 0 Å². The first kappa shape index (κ1) is 23.3. The molecule has 1 heterocycles. The van der Waals surface area contributed by atoms with E-state index in [1.165, 1.54) is 0 Å². The molecule has 1 aliphatic rings. The molecule has 0 N–H and O–H groups in total. The quantitative estimate of drug-likeness (QED) is 0.568. The van der Waals surface area contributed by atoms with Gasteiger partial charge in [-0.1, -0.05) is 60.7 Å². The van der Waals surface area contributed by atoms with Gasteiger partial charge in [0.25, 0.3) is 0 Å². The first-order chi connectivity index (χ1) is 14.9. The van der Waals surface area contributed by atoms with Crippen molar-refractivity contribution < 1.29 is 23.9 Å². The summed E-state index contributed by atoms with van der Waals surface area (Å²) in [6.07, 6.45) is -1.63. The second-order valence-electron chi connectivity index (χ2n) is 9.69. The van der Waals surface area contributed by atoms with Crippen molar-refractivity contribution in [2.45, 2.75) is 64.8 Å². The molecule has 1 aliphatic heterocycles. The number of imide groups is 2. The maximum absolute atomic E-state index is 13.6. The van der Waals surface area contributed by atoms with Gasteiger partial charge in [0, 0.05) is 0 Å². The molecule has 0 bridgehead atoms. The van der Waals surface area contributed by atoms with Crippen LogP contribution in [-0.4, -0.2) is 39.2 Å². The number of carbonyl (C=O) groups is 3. The van der Waals surface area contributed by atoms with E-state index in [1.807, 2.05) is 60.7 Å². The average molecular weight is 439 g/mol. The number of ether oxygens (including phenoxy) is 2. The van der Waals surface area contributed by atoms with Gasteiger partial charge in [-0.3, -0.25) is 0 Å². The molecule has 2 aromatic rings. The number of hydrogen-bond acceptors (Lipinski definition) is 5. The van der Waals surface area contributed by atoms with E-state index in [1.54, 1.807) is 41.5 Å². The maximum atomic E-state index is 13.6. The van der Waals surface area contributed by atoms with E-state index in [0.29, 0.717) is 11.1 Å². The lowest BCUT2D eigenvalue weighted by atomic mass is 9.93. The third-order valence-electron chi connectivity index (χ3n) is 4.73. The van der Waals surface area contributed by atoms with Gasteiger partial charge in [-0.2, -0.15) is 0 Å². The summed E-state index contributed by atoms with van der Waals surface area (Å²) >= 11 is 0. The third-order valence-corrected chi connectivity index (χ3v) is 4.73. The van der Waals surface area contributed by atoms with Gasteiger partial charge in [-0.25, -0.2) is 24.2 Å². The molecule has 0 spiro atoms. The summed E-state index contributed by atoms with van der Waals surface area (Å²) in [5.41, 5.74) is -0.237. The maximum Gasteiger partial charge on any atom is 0.419 e. The van der Waals surface area contributed by atoms with Gasteiger partial charge in [0.1, 0.15) is 11.2 Å². The molecule has 1 fully saturated rings. The standard InChI is InChI=1S/C25H30N2O5/c1-24(2,3)31-22(29)26-19(17-13-9-7-10-14-17)20(18-15-11-8-12-16-18)27(21(26)28)23(30)32-25(4,5)6/h7-16,19-20H,1-6H3/t19-,20-/m1/s1. The van der Waals surface area contributed by atoms with E-state index in [4.69, 9.17) is 9.47 Å². The minimum absolute atomic E-state index is 0.701. The van der Waals surface area contributed by atoms with Crippen molar-refractivity contribution in [1.82, 2.24) is 9.80 Å². The van der Waals surface area contributed by atoms with Crippen molar-refractivity contribution in [2.75, 3.05) is 0 Å². The fourth-order valence-electron chi connectivity index (χ4n) is 3.61. The summed E-state index contributed by atoms with van der Waals surface area (Å²) in [4.78, 5) is 42.0. The summed E-state index contributed by atoms with van der Waals surface area (Å²) in [6, 6.07) is 15.9. The van der Waals surface area contributed by atoms with Crippen LogP contribution in [0, 0.1) is 0 Å². The van der Waals surface area contributed by atoms with E-state index < -0.39 is 41.5 Å². The SMILES string of the molecule is CC(C)(C)OC(=O)N1C(=O)N(C(=O)OC(C)(C)C)[C@H](c2ccccc2)[C@H]1c1ccccc1. The molecule has 0 unspecified atom stereocenters. The van der Waals surface area contributed by atoms with Crippen LogP contribution in [0.1, 0.15) is 64.8 Å². The van der Waals surface area contributed by atoms with Crippen LogP contribution >= 0.6 is 0 Å². The second kappa shape index (κ2) is 8.65. The van der Waals surface area contributed by atoms with Gasteiger partial charge in [-0.15, -0.1) is 0 Å².